The van der Waals surface area contributed by atoms with Crippen LogP contribution in [0.25, 0.3) is 0 Å². The van der Waals surface area contributed by atoms with Gasteiger partial charge in [-0.05, 0) is 41.1 Å². The molecule has 18 heavy (non-hydrogen) atoms. The Kier molecular flexibility index (Phi) is 3.66. The van der Waals surface area contributed by atoms with E-state index in [1.807, 2.05) is 0 Å². The van der Waals surface area contributed by atoms with Crippen molar-refractivity contribution >= 4 is 21.8 Å². The van der Waals surface area contributed by atoms with Gasteiger partial charge in [0.1, 0.15) is 5.82 Å². The highest BCUT2D eigenvalue weighted by atomic mass is 79.9. The fourth-order valence-electron chi connectivity index (χ4n) is 1.33. The van der Waals surface area contributed by atoms with Gasteiger partial charge in [0, 0.05) is 5.56 Å². The highest BCUT2D eigenvalue weighted by Crippen LogP contribution is 2.17. The molecule has 0 aliphatic heterocycles. The second-order valence-electron chi connectivity index (χ2n) is 3.59. The molecule has 1 unspecified atom stereocenters. The summed E-state index contributed by atoms with van der Waals surface area (Å²) in [4.78, 5) is 11.9. The molecule has 0 spiro atoms. The molecule has 1 aromatic carbocycles. The van der Waals surface area contributed by atoms with E-state index in [9.17, 15) is 9.18 Å². The molecule has 0 saturated heterocycles. The second-order valence-corrected chi connectivity index (χ2v) is 4.45. The molecule has 1 amide bonds. The van der Waals surface area contributed by atoms with Crippen molar-refractivity contribution in [3.63, 3.8) is 0 Å². The minimum absolute atomic E-state index is 0.238. The minimum Gasteiger partial charge on any atom is -0.342 e. The van der Waals surface area contributed by atoms with Crippen molar-refractivity contribution in [2.75, 3.05) is 0 Å². The maximum absolute atomic E-state index is 13.0. The molecular weight excluding hydrogens is 305 g/mol. The van der Waals surface area contributed by atoms with E-state index < -0.39 is 5.82 Å². The maximum Gasteiger partial charge on any atom is 0.251 e. The molecule has 2 aromatic rings. The van der Waals surface area contributed by atoms with E-state index in [0.29, 0.717) is 11.4 Å². The zero-order valence-electron chi connectivity index (χ0n) is 9.32. The smallest absolute Gasteiger partial charge is 0.251 e. The van der Waals surface area contributed by atoms with Gasteiger partial charge in [-0.1, -0.05) is 5.21 Å². The van der Waals surface area contributed by atoms with Crippen LogP contribution in [-0.2, 0) is 0 Å². The Hall–Kier alpha value is -1.83. The number of nitrogens with one attached hydrogen (secondary N) is 2. The third-order valence-corrected chi connectivity index (χ3v) is 2.89. The van der Waals surface area contributed by atoms with Gasteiger partial charge in [-0.15, -0.1) is 10.2 Å². The lowest BCUT2D eigenvalue weighted by Crippen LogP contribution is -2.27. The van der Waals surface area contributed by atoms with Crippen molar-refractivity contribution in [3.05, 3.63) is 39.9 Å². The van der Waals surface area contributed by atoms with Gasteiger partial charge in [0.15, 0.2) is 5.82 Å². The predicted octanol–water partition coefficient (Wildman–Crippen LogP) is 1.59. The summed E-state index contributed by atoms with van der Waals surface area (Å²) >= 11 is 3.02. The van der Waals surface area contributed by atoms with Crippen molar-refractivity contribution < 1.29 is 9.18 Å². The number of aromatic nitrogens is 4. The summed E-state index contributed by atoms with van der Waals surface area (Å²) in [6.45, 7) is 1.72. The van der Waals surface area contributed by atoms with Gasteiger partial charge in [-0.2, -0.15) is 5.21 Å². The molecule has 0 aliphatic carbocycles. The summed E-state index contributed by atoms with van der Waals surface area (Å²) in [6, 6.07) is 3.64. The Balaban J connectivity index is 2.10. The average Bonchev–Trinajstić information content (AvgIpc) is 2.86. The largest absolute Gasteiger partial charge is 0.342 e. The number of hydrogen-bond acceptors (Lipinski definition) is 4. The number of carbonyl (C=O) groups excluding carboxylic acids is 1. The molecule has 1 heterocycles. The normalized spacial score (nSPS) is 12.2. The molecule has 0 fully saturated rings. The van der Waals surface area contributed by atoms with Crippen LogP contribution in [0.2, 0.25) is 0 Å². The SMILES string of the molecule is CC(NC(=O)c1ccc(F)c(Br)c1)c1nn[nH]n1. The van der Waals surface area contributed by atoms with E-state index in [2.05, 4.69) is 41.9 Å². The lowest BCUT2D eigenvalue weighted by atomic mass is 10.2. The average molecular weight is 314 g/mol. The Morgan fingerprint density at radius 2 is 2.33 bits per heavy atom. The lowest BCUT2D eigenvalue weighted by molar-refractivity contribution is 0.0938. The maximum atomic E-state index is 13.0. The molecule has 2 rings (SSSR count). The van der Waals surface area contributed by atoms with Crippen LogP contribution in [0.5, 0.6) is 0 Å². The van der Waals surface area contributed by atoms with Gasteiger partial charge in [0.05, 0.1) is 10.5 Å². The van der Waals surface area contributed by atoms with Gasteiger partial charge in [-0.3, -0.25) is 4.79 Å². The fourth-order valence-corrected chi connectivity index (χ4v) is 1.71. The van der Waals surface area contributed by atoms with Gasteiger partial charge >= 0.3 is 0 Å². The molecule has 0 radical (unpaired) electrons. The summed E-state index contributed by atoms with van der Waals surface area (Å²) in [5.41, 5.74) is 0.346. The molecule has 6 nitrogen and oxygen atoms in total. The van der Waals surface area contributed by atoms with E-state index in [-0.39, 0.29) is 16.4 Å². The summed E-state index contributed by atoms with van der Waals surface area (Å²) in [7, 11) is 0. The number of H-pyrrole nitrogens is 1. The monoisotopic (exact) mass is 313 g/mol. The van der Waals surface area contributed by atoms with Crippen molar-refractivity contribution in [1.82, 2.24) is 25.9 Å². The van der Waals surface area contributed by atoms with Crippen LogP contribution < -0.4 is 5.32 Å². The first-order chi connectivity index (χ1) is 8.58. The molecular formula is C10H9BrFN5O. The fraction of sp³-hybridized carbons (Fsp3) is 0.200. The standard InChI is InChI=1S/C10H9BrFN5O/c1-5(9-14-16-17-15-9)13-10(18)6-2-3-8(12)7(11)4-6/h2-5H,1H3,(H,13,18)(H,14,15,16,17). The zero-order chi connectivity index (χ0) is 13.1. The first-order valence-corrected chi connectivity index (χ1v) is 5.86. The Bertz CT molecular complexity index is 559. The number of halogens is 2. The first-order valence-electron chi connectivity index (χ1n) is 5.07. The number of aromatic amines is 1. The van der Waals surface area contributed by atoms with Crippen LogP contribution in [0.4, 0.5) is 4.39 Å². The molecule has 1 aromatic heterocycles. The van der Waals surface area contributed by atoms with E-state index in [0.717, 1.165) is 0 Å². The number of carbonyl (C=O) groups is 1. The summed E-state index contributed by atoms with van der Waals surface area (Å²) in [6.07, 6.45) is 0. The van der Waals surface area contributed by atoms with E-state index >= 15 is 0 Å². The molecule has 0 saturated carbocycles. The number of hydrogen-bond donors (Lipinski definition) is 2. The van der Waals surface area contributed by atoms with Gasteiger partial charge in [0.25, 0.3) is 5.91 Å². The van der Waals surface area contributed by atoms with E-state index in [1.54, 1.807) is 6.92 Å². The minimum atomic E-state index is -0.419. The lowest BCUT2D eigenvalue weighted by Gasteiger charge is -2.10. The third kappa shape index (κ3) is 2.70. The number of nitrogens with zero attached hydrogens (tertiary/aromatic N) is 3. The van der Waals surface area contributed by atoms with Crippen molar-refractivity contribution in [2.45, 2.75) is 13.0 Å². The van der Waals surface area contributed by atoms with Crippen LogP contribution in [0.1, 0.15) is 29.1 Å². The van der Waals surface area contributed by atoms with Crippen molar-refractivity contribution in [2.24, 2.45) is 0 Å². The number of tetrazole rings is 1. The molecule has 94 valence electrons. The van der Waals surface area contributed by atoms with Crippen LogP contribution in [-0.4, -0.2) is 26.5 Å². The summed E-state index contributed by atoms with van der Waals surface area (Å²) in [5.74, 6) is -0.379. The Morgan fingerprint density at radius 1 is 1.56 bits per heavy atom. The Morgan fingerprint density at radius 3 is 2.94 bits per heavy atom. The highest BCUT2D eigenvalue weighted by molar-refractivity contribution is 9.10. The van der Waals surface area contributed by atoms with E-state index in [1.165, 1.54) is 18.2 Å². The highest BCUT2D eigenvalue weighted by Gasteiger charge is 2.15. The number of amides is 1. The van der Waals surface area contributed by atoms with Gasteiger partial charge in [-0.25, -0.2) is 4.39 Å². The van der Waals surface area contributed by atoms with Gasteiger partial charge in [0.2, 0.25) is 0 Å². The predicted molar refractivity (Wildman–Crippen MR) is 64.2 cm³/mol. The molecule has 2 N–H and O–H groups in total. The topological polar surface area (TPSA) is 83.6 Å². The van der Waals surface area contributed by atoms with Crippen LogP contribution in [0.3, 0.4) is 0 Å². The summed E-state index contributed by atoms with van der Waals surface area (Å²) < 4.78 is 13.3. The zero-order valence-corrected chi connectivity index (χ0v) is 10.9. The number of rotatable bonds is 3. The molecule has 1 atom stereocenters. The summed E-state index contributed by atoms with van der Waals surface area (Å²) in [5, 5.41) is 15.9. The van der Waals surface area contributed by atoms with Crippen LogP contribution in [0, 0.1) is 5.82 Å². The van der Waals surface area contributed by atoms with E-state index in [4.69, 9.17) is 0 Å². The first kappa shape index (κ1) is 12.6. The Labute approximate surface area is 110 Å². The second kappa shape index (κ2) is 5.21. The molecule has 0 aliphatic rings. The van der Waals surface area contributed by atoms with Crippen LogP contribution >= 0.6 is 15.9 Å². The number of benzene rings is 1. The van der Waals surface area contributed by atoms with Gasteiger partial charge < -0.3 is 5.32 Å². The molecule has 0 bridgehead atoms. The quantitative estimate of drug-likeness (QED) is 0.901. The van der Waals surface area contributed by atoms with Crippen molar-refractivity contribution in [3.8, 4) is 0 Å². The van der Waals surface area contributed by atoms with Crippen molar-refractivity contribution in [1.29, 1.82) is 0 Å². The molecule has 8 heteroatoms. The van der Waals surface area contributed by atoms with Crippen LogP contribution in [0.15, 0.2) is 22.7 Å². The third-order valence-electron chi connectivity index (χ3n) is 2.28.